The molecular weight excluding hydrogens is 220 g/mol. The highest BCUT2D eigenvalue weighted by molar-refractivity contribution is 6.83. The third-order valence-electron chi connectivity index (χ3n) is 1.82. The second-order valence-corrected chi connectivity index (χ2v) is 9.29. The van der Waals surface area contributed by atoms with Gasteiger partial charge in [-0.3, -0.25) is 0 Å². The summed E-state index contributed by atoms with van der Waals surface area (Å²) in [6.45, 7) is 6.30. The van der Waals surface area contributed by atoms with E-state index in [-0.39, 0.29) is 11.3 Å². The maximum absolute atomic E-state index is 10.6. The number of aromatic hydroxyl groups is 1. The second-order valence-electron chi connectivity index (χ2n) is 4.54. The molecule has 4 heteroatoms. The number of carbonyl (C=O) groups is 1. The van der Waals surface area contributed by atoms with Crippen LogP contribution >= 0.6 is 0 Å². The highest BCUT2D eigenvalue weighted by Crippen LogP contribution is 2.18. The SMILES string of the molecule is C[Si](C)(C)C#Cc1ccc(C(=O)O)cc1O. The lowest BCUT2D eigenvalue weighted by molar-refractivity contribution is 0.0696. The van der Waals surface area contributed by atoms with E-state index in [9.17, 15) is 9.90 Å². The van der Waals surface area contributed by atoms with Crippen molar-refractivity contribution < 1.29 is 15.0 Å². The molecule has 0 aliphatic carbocycles. The van der Waals surface area contributed by atoms with Gasteiger partial charge >= 0.3 is 5.97 Å². The monoisotopic (exact) mass is 234 g/mol. The van der Waals surface area contributed by atoms with Gasteiger partial charge in [-0.2, -0.15) is 0 Å². The van der Waals surface area contributed by atoms with Gasteiger partial charge in [-0.05, 0) is 18.2 Å². The molecule has 0 bridgehead atoms. The molecule has 3 nitrogen and oxygen atoms in total. The fourth-order valence-electron chi connectivity index (χ4n) is 1.03. The van der Waals surface area contributed by atoms with Crippen LogP contribution in [0.1, 0.15) is 15.9 Å². The molecule has 1 aromatic carbocycles. The number of hydrogen-bond acceptors (Lipinski definition) is 2. The third-order valence-corrected chi connectivity index (χ3v) is 2.69. The molecule has 0 amide bonds. The fourth-order valence-corrected chi connectivity index (χ4v) is 1.53. The molecule has 0 aliphatic heterocycles. The fraction of sp³-hybridized carbons (Fsp3) is 0.250. The predicted molar refractivity (Wildman–Crippen MR) is 65.3 cm³/mol. The van der Waals surface area contributed by atoms with Crippen molar-refractivity contribution in [3.63, 3.8) is 0 Å². The van der Waals surface area contributed by atoms with Crippen molar-refractivity contribution in [2.24, 2.45) is 0 Å². The van der Waals surface area contributed by atoms with E-state index < -0.39 is 14.0 Å². The molecule has 0 spiro atoms. The van der Waals surface area contributed by atoms with Crippen LogP contribution in [-0.4, -0.2) is 24.3 Å². The zero-order valence-electron chi connectivity index (χ0n) is 9.53. The molecule has 2 N–H and O–H groups in total. The zero-order chi connectivity index (χ0) is 12.3. The van der Waals surface area contributed by atoms with Gasteiger partial charge in [0.2, 0.25) is 0 Å². The van der Waals surface area contributed by atoms with Crippen molar-refractivity contribution in [3.8, 4) is 17.2 Å². The Kier molecular flexibility index (Phi) is 3.40. The van der Waals surface area contributed by atoms with Crippen molar-refractivity contribution >= 4 is 14.0 Å². The van der Waals surface area contributed by atoms with Crippen LogP contribution < -0.4 is 0 Å². The maximum atomic E-state index is 10.6. The molecule has 0 fully saturated rings. The average molecular weight is 234 g/mol. The summed E-state index contributed by atoms with van der Waals surface area (Å²) in [5, 5.41) is 18.3. The van der Waals surface area contributed by atoms with E-state index in [1.165, 1.54) is 18.2 Å². The molecule has 84 valence electrons. The lowest BCUT2D eigenvalue weighted by Gasteiger charge is -2.04. The maximum Gasteiger partial charge on any atom is 0.335 e. The topological polar surface area (TPSA) is 57.5 Å². The number of phenols is 1. The summed E-state index contributed by atoms with van der Waals surface area (Å²) in [7, 11) is -1.49. The van der Waals surface area contributed by atoms with E-state index >= 15 is 0 Å². The van der Waals surface area contributed by atoms with Crippen LogP contribution in [0.4, 0.5) is 0 Å². The van der Waals surface area contributed by atoms with Crippen LogP contribution in [0.5, 0.6) is 5.75 Å². The minimum Gasteiger partial charge on any atom is -0.507 e. The Morgan fingerprint density at radius 1 is 1.31 bits per heavy atom. The van der Waals surface area contributed by atoms with Crippen molar-refractivity contribution in [3.05, 3.63) is 29.3 Å². The van der Waals surface area contributed by atoms with E-state index in [1.54, 1.807) is 0 Å². The van der Waals surface area contributed by atoms with Crippen LogP contribution in [0.25, 0.3) is 0 Å². The summed E-state index contributed by atoms with van der Waals surface area (Å²) >= 11 is 0. The Morgan fingerprint density at radius 3 is 2.38 bits per heavy atom. The van der Waals surface area contributed by atoms with Crippen LogP contribution in [0.3, 0.4) is 0 Å². The van der Waals surface area contributed by atoms with Gasteiger partial charge in [0.15, 0.2) is 0 Å². The molecular formula is C12H14O3Si. The van der Waals surface area contributed by atoms with Crippen molar-refractivity contribution in [2.45, 2.75) is 19.6 Å². The van der Waals surface area contributed by atoms with Gasteiger partial charge in [-0.1, -0.05) is 25.6 Å². The van der Waals surface area contributed by atoms with Gasteiger partial charge in [0.05, 0.1) is 11.1 Å². The Balaban J connectivity index is 3.08. The van der Waals surface area contributed by atoms with E-state index in [4.69, 9.17) is 5.11 Å². The summed E-state index contributed by atoms with van der Waals surface area (Å²) in [6, 6.07) is 4.19. The molecule has 1 rings (SSSR count). The Bertz CT molecular complexity index is 475. The lowest BCUT2D eigenvalue weighted by atomic mass is 10.1. The summed E-state index contributed by atoms with van der Waals surface area (Å²) in [5.41, 5.74) is 3.65. The van der Waals surface area contributed by atoms with Gasteiger partial charge in [-0.25, -0.2) is 4.79 Å². The number of hydrogen-bond donors (Lipinski definition) is 2. The summed E-state index contributed by atoms with van der Waals surface area (Å²) in [5.74, 6) is 1.75. The zero-order valence-corrected chi connectivity index (χ0v) is 10.5. The largest absolute Gasteiger partial charge is 0.507 e. The number of carboxylic acid groups (broad SMARTS) is 1. The second kappa shape index (κ2) is 4.41. The van der Waals surface area contributed by atoms with E-state index in [0.29, 0.717) is 5.56 Å². The molecule has 0 heterocycles. The minimum absolute atomic E-state index is 0.0658. The number of aromatic carboxylic acids is 1. The summed E-state index contributed by atoms with van der Waals surface area (Å²) in [4.78, 5) is 10.6. The molecule has 0 unspecified atom stereocenters. The van der Waals surface area contributed by atoms with Crippen molar-refractivity contribution in [2.75, 3.05) is 0 Å². The molecule has 0 atom stereocenters. The highest BCUT2D eigenvalue weighted by atomic mass is 28.3. The van der Waals surface area contributed by atoms with Crippen LogP contribution in [0, 0.1) is 11.5 Å². The first-order valence-electron chi connectivity index (χ1n) is 4.89. The number of carboxylic acids is 1. The minimum atomic E-state index is -1.49. The van der Waals surface area contributed by atoms with E-state index in [2.05, 4.69) is 31.1 Å². The predicted octanol–water partition coefficient (Wildman–Crippen LogP) is 2.32. The number of phenolic OH excluding ortho intramolecular Hbond substituents is 1. The van der Waals surface area contributed by atoms with Gasteiger partial charge in [0.25, 0.3) is 0 Å². The molecule has 0 saturated carbocycles. The quantitative estimate of drug-likeness (QED) is 0.579. The van der Waals surface area contributed by atoms with Crippen molar-refractivity contribution in [1.29, 1.82) is 0 Å². The smallest absolute Gasteiger partial charge is 0.335 e. The molecule has 0 aliphatic rings. The van der Waals surface area contributed by atoms with Gasteiger partial charge in [0, 0.05) is 0 Å². The average Bonchev–Trinajstić information content (AvgIpc) is 2.14. The number of rotatable bonds is 1. The summed E-state index contributed by atoms with van der Waals surface area (Å²) < 4.78 is 0. The molecule has 1 aromatic rings. The normalized spacial score (nSPS) is 10.4. The van der Waals surface area contributed by atoms with Gasteiger partial charge in [0.1, 0.15) is 13.8 Å². The molecule has 0 radical (unpaired) electrons. The Hall–Kier alpha value is -1.73. The molecule has 0 aromatic heterocycles. The first-order valence-corrected chi connectivity index (χ1v) is 8.39. The standard InChI is InChI=1S/C12H14O3Si/c1-16(2,3)7-6-9-4-5-10(12(14)15)8-11(9)13/h4-5,8,13H,1-3H3,(H,14,15). The third kappa shape index (κ3) is 3.44. The van der Waals surface area contributed by atoms with Crippen molar-refractivity contribution in [1.82, 2.24) is 0 Å². The molecule has 0 saturated heterocycles. The van der Waals surface area contributed by atoms with Crippen LogP contribution in [-0.2, 0) is 0 Å². The van der Waals surface area contributed by atoms with E-state index in [1.807, 2.05) is 0 Å². The van der Waals surface area contributed by atoms with Gasteiger partial charge in [-0.15, -0.1) is 5.54 Å². The first kappa shape index (κ1) is 12.3. The summed E-state index contributed by atoms with van der Waals surface area (Å²) in [6.07, 6.45) is 0. The van der Waals surface area contributed by atoms with Crippen LogP contribution in [0.15, 0.2) is 18.2 Å². The highest BCUT2D eigenvalue weighted by Gasteiger charge is 2.09. The first-order chi connectivity index (χ1) is 7.29. The number of benzene rings is 1. The van der Waals surface area contributed by atoms with E-state index in [0.717, 1.165) is 0 Å². The lowest BCUT2D eigenvalue weighted by Crippen LogP contribution is -2.16. The Morgan fingerprint density at radius 2 is 1.94 bits per heavy atom. The Labute approximate surface area is 95.8 Å². The van der Waals surface area contributed by atoms with Crippen LogP contribution in [0.2, 0.25) is 19.6 Å². The van der Waals surface area contributed by atoms with Gasteiger partial charge < -0.3 is 10.2 Å². The molecule has 16 heavy (non-hydrogen) atoms.